The summed E-state index contributed by atoms with van der Waals surface area (Å²) in [5, 5.41) is 7.71. The second kappa shape index (κ2) is 4.31. The molecule has 2 nitrogen and oxygen atoms in total. The van der Waals surface area contributed by atoms with E-state index >= 15 is 0 Å². The molecular weight excluding hydrogens is 208 g/mol. The summed E-state index contributed by atoms with van der Waals surface area (Å²) in [4.78, 5) is 0. The van der Waals surface area contributed by atoms with Gasteiger partial charge in [-0.3, -0.25) is 0 Å². The van der Waals surface area contributed by atoms with E-state index in [1.54, 1.807) is 0 Å². The van der Waals surface area contributed by atoms with Gasteiger partial charge in [-0.05, 0) is 24.5 Å². The third-order valence-electron chi connectivity index (χ3n) is 2.65. The first-order chi connectivity index (χ1) is 7.16. The fraction of sp³-hybridized carbons (Fsp3) is 0.500. The van der Waals surface area contributed by atoms with Crippen LogP contribution in [0.5, 0.6) is 0 Å². The number of benzene rings is 1. The Morgan fingerprint density at radius 1 is 1.47 bits per heavy atom. The lowest BCUT2D eigenvalue weighted by Gasteiger charge is -2.30. The van der Waals surface area contributed by atoms with Crippen molar-refractivity contribution in [1.82, 2.24) is 0 Å². The Labute approximate surface area is 96.0 Å². The molecule has 3 heteroatoms. The minimum Gasteiger partial charge on any atom is -0.380 e. The van der Waals surface area contributed by atoms with E-state index in [2.05, 4.69) is 30.5 Å². The van der Waals surface area contributed by atoms with Crippen molar-refractivity contribution in [2.24, 2.45) is 5.92 Å². The van der Waals surface area contributed by atoms with E-state index in [9.17, 15) is 0 Å². The number of fused-ring (bicyclic) bond motifs is 1. The van der Waals surface area contributed by atoms with E-state index in [1.165, 1.54) is 6.42 Å². The van der Waals surface area contributed by atoms with E-state index in [0.717, 1.165) is 22.9 Å². The van der Waals surface area contributed by atoms with Crippen molar-refractivity contribution < 1.29 is 0 Å². The molecule has 0 saturated heterocycles. The Morgan fingerprint density at radius 3 is 3.00 bits per heavy atom. The molecule has 1 aromatic carbocycles. The molecule has 1 heterocycles. The predicted octanol–water partition coefficient (Wildman–Crippen LogP) is 3.59. The van der Waals surface area contributed by atoms with E-state index in [4.69, 9.17) is 11.6 Å². The third-order valence-corrected chi connectivity index (χ3v) is 2.97. The zero-order chi connectivity index (χ0) is 10.8. The number of anilines is 2. The molecule has 0 aromatic heterocycles. The van der Waals surface area contributed by atoms with E-state index in [0.29, 0.717) is 12.0 Å². The maximum Gasteiger partial charge on any atom is 0.0766 e. The van der Waals surface area contributed by atoms with Crippen LogP contribution in [0.3, 0.4) is 0 Å². The summed E-state index contributed by atoms with van der Waals surface area (Å²) >= 11 is 6.09. The molecule has 1 aliphatic rings. The fourth-order valence-corrected chi connectivity index (χ4v) is 2.27. The van der Waals surface area contributed by atoms with Crippen LogP contribution >= 0.6 is 11.6 Å². The summed E-state index contributed by atoms with van der Waals surface area (Å²) in [6.07, 6.45) is 1.18. The largest absolute Gasteiger partial charge is 0.380 e. The second-order valence-electron chi connectivity index (χ2n) is 4.51. The molecule has 1 aliphatic heterocycles. The monoisotopic (exact) mass is 224 g/mol. The predicted molar refractivity (Wildman–Crippen MR) is 66.8 cm³/mol. The van der Waals surface area contributed by atoms with Crippen molar-refractivity contribution in [2.45, 2.75) is 26.3 Å². The standard InChI is InChI=1S/C12H17ClN2/c1-8(2)6-9-7-14-12-10(13)4-3-5-11(12)15-9/h3-5,8-9,14-15H,6-7H2,1-2H3. The van der Waals surface area contributed by atoms with Crippen LogP contribution < -0.4 is 10.6 Å². The Hall–Kier alpha value is -0.890. The lowest BCUT2D eigenvalue weighted by molar-refractivity contribution is 0.525. The van der Waals surface area contributed by atoms with Crippen LogP contribution in [-0.2, 0) is 0 Å². The molecule has 1 unspecified atom stereocenters. The summed E-state index contributed by atoms with van der Waals surface area (Å²) < 4.78 is 0. The molecule has 2 rings (SSSR count). The molecule has 0 fully saturated rings. The van der Waals surface area contributed by atoms with E-state index in [1.807, 2.05) is 12.1 Å². The summed E-state index contributed by atoms with van der Waals surface area (Å²) in [6, 6.07) is 6.47. The third kappa shape index (κ3) is 2.37. The summed E-state index contributed by atoms with van der Waals surface area (Å²) in [7, 11) is 0. The van der Waals surface area contributed by atoms with Gasteiger partial charge in [-0.2, -0.15) is 0 Å². The van der Waals surface area contributed by atoms with Gasteiger partial charge in [0.25, 0.3) is 0 Å². The normalized spacial score (nSPS) is 19.3. The second-order valence-corrected chi connectivity index (χ2v) is 4.92. The molecule has 15 heavy (non-hydrogen) atoms. The van der Waals surface area contributed by atoms with Crippen molar-refractivity contribution in [3.05, 3.63) is 23.2 Å². The van der Waals surface area contributed by atoms with Crippen LogP contribution in [0, 0.1) is 5.92 Å². The van der Waals surface area contributed by atoms with Gasteiger partial charge in [0.2, 0.25) is 0 Å². The smallest absolute Gasteiger partial charge is 0.0766 e. The zero-order valence-corrected chi connectivity index (χ0v) is 9.93. The van der Waals surface area contributed by atoms with Crippen molar-refractivity contribution >= 4 is 23.0 Å². The number of halogens is 1. The Bertz CT molecular complexity index is 349. The molecule has 0 bridgehead atoms. The number of nitrogens with one attached hydrogen (secondary N) is 2. The molecule has 2 N–H and O–H groups in total. The van der Waals surface area contributed by atoms with Gasteiger partial charge in [-0.1, -0.05) is 31.5 Å². The molecule has 0 amide bonds. The molecule has 0 radical (unpaired) electrons. The molecular formula is C12H17ClN2. The Balaban J connectivity index is 2.13. The van der Waals surface area contributed by atoms with Crippen molar-refractivity contribution in [2.75, 3.05) is 17.2 Å². The number of hydrogen-bond donors (Lipinski definition) is 2. The van der Waals surface area contributed by atoms with Crippen molar-refractivity contribution in [1.29, 1.82) is 0 Å². The molecule has 1 atom stereocenters. The first-order valence-electron chi connectivity index (χ1n) is 5.45. The SMILES string of the molecule is CC(C)CC1CNc2c(Cl)cccc2N1. The van der Waals surface area contributed by atoms with Crippen molar-refractivity contribution in [3.8, 4) is 0 Å². The van der Waals surface area contributed by atoms with E-state index in [-0.39, 0.29) is 0 Å². The number of hydrogen-bond acceptors (Lipinski definition) is 2. The highest BCUT2D eigenvalue weighted by molar-refractivity contribution is 6.34. The lowest BCUT2D eigenvalue weighted by atomic mass is 10.0. The van der Waals surface area contributed by atoms with Crippen LogP contribution in [0.15, 0.2) is 18.2 Å². The Kier molecular flexibility index (Phi) is 3.06. The van der Waals surface area contributed by atoms with Crippen LogP contribution in [0.25, 0.3) is 0 Å². The average molecular weight is 225 g/mol. The zero-order valence-electron chi connectivity index (χ0n) is 9.18. The maximum absolute atomic E-state index is 6.09. The topological polar surface area (TPSA) is 24.1 Å². The summed E-state index contributed by atoms with van der Waals surface area (Å²) in [5.74, 6) is 0.713. The minimum absolute atomic E-state index is 0.510. The van der Waals surface area contributed by atoms with Crippen LogP contribution in [-0.4, -0.2) is 12.6 Å². The first kappa shape index (κ1) is 10.6. The highest BCUT2D eigenvalue weighted by Crippen LogP contribution is 2.33. The maximum atomic E-state index is 6.09. The van der Waals surface area contributed by atoms with Crippen LogP contribution in [0.2, 0.25) is 5.02 Å². The highest BCUT2D eigenvalue weighted by atomic mass is 35.5. The van der Waals surface area contributed by atoms with Gasteiger partial charge in [0.15, 0.2) is 0 Å². The average Bonchev–Trinajstić information content (AvgIpc) is 2.17. The summed E-state index contributed by atoms with van der Waals surface area (Å²) in [6.45, 7) is 5.44. The molecule has 82 valence electrons. The Morgan fingerprint density at radius 2 is 2.27 bits per heavy atom. The highest BCUT2D eigenvalue weighted by Gasteiger charge is 2.19. The van der Waals surface area contributed by atoms with Gasteiger partial charge in [0, 0.05) is 12.6 Å². The molecule has 0 spiro atoms. The van der Waals surface area contributed by atoms with Crippen molar-refractivity contribution in [3.63, 3.8) is 0 Å². The van der Waals surface area contributed by atoms with Crippen LogP contribution in [0.4, 0.5) is 11.4 Å². The fourth-order valence-electron chi connectivity index (χ4n) is 2.03. The van der Waals surface area contributed by atoms with Gasteiger partial charge < -0.3 is 10.6 Å². The molecule has 0 saturated carbocycles. The van der Waals surface area contributed by atoms with Gasteiger partial charge in [0.05, 0.1) is 16.4 Å². The summed E-state index contributed by atoms with van der Waals surface area (Å²) in [5.41, 5.74) is 2.17. The molecule has 0 aliphatic carbocycles. The van der Waals surface area contributed by atoms with Gasteiger partial charge >= 0.3 is 0 Å². The minimum atomic E-state index is 0.510. The first-order valence-corrected chi connectivity index (χ1v) is 5.83. The quantitative estimate of drug-likeness (QED) is 0.802. The number of rotatable bonds is 2. The van der Waals surface area contributed by atoms with E-state index < -0.39 is 0 Å². The van der Waals surface area contributed by atoms with Gasteiger partial charge in [0.1, 0.15) is 0 Å². The van der Waals surface area contributed by atoms with Gasteiger partial charge in [-0.25, -0.2) is 0 Å². The number of para-hydroxylation sites is 1. The lowest BCUT2D eigenvalue weighted by Crippen LogP contribution is -2.34. The molecule has 1 aromatic rings. The van der Waals surface area contributed by atoms with Crippen LogP contribution in [0.1, 0.15) is 20.3 Å². The van der Waals surface area contributed by atoms with Gasteiger partial charge in [-0.15, -0.1) is 0 Å².